The number of benzene rings is 2. The molecule has 0 fully saturated rings. The number of rotatable bonds is 5. The van der Waals surface area contributed by atoms with Gasteiger partial charge in [-0.15, -0.1) is 0 Å². The molecule has 0 aliphatic carbocycles. The first-order valence-electron chi connectivity index (χ1n) is 9.50. The highest BCUT2D eigenvalue weighted by Crippen LogP contribution is 2.36. The first-order chi connectivity index (χ1) is 11.2. The Bertz CT molecular complexity index is 687. The van der Waals surface area contributed by atoms with Crippen molar-refractivity contribution in [3.63, 3.8) is 0 Å². The molecule has 0 aliphatic rings. The van der Waals surface area contributed by atoms with Gasteiger partial charge in [0.05, 0.1) is 0 Å². The molecule has 2 aromatic carbocycles. The van der Waals surface area contributed by atoms with Crippen LogP contribution in [0.1, 0.15) is 101 Å². The van der Waals surface area contributed by atoms with E-state index in [0.29, 0.717) is 23.7 Å². The van der Waals surface area contributed by atoms with Crippen molar-refractivity contribution in [1.82, 2.24) is 0 Å². The van der Waals surface area contributed by atoms with E-state index in [-0.39, 0.29) is 0 Å². The van der Waals surface area contributed by atoms with Crippen LogP contribution in [0.4, 0.5) is 0 Å². The van der Waals surface area contributed by atoms with Crippen molar-refractivity contribution in [3.05, 3.63) is 58.7 Å². The summed E-state index contributed by atoms with van der Waals surface area (Å²) in [5.74, 6) is 2.22. The zero-order chi connectivity index (χ0) is 18.0. The lowest BCUT2D eigenvalue weighted by Crippen LogP contribution is -2.01. The molecule has 0 spiro atoms. The molecule has 0 aromatic heterocycles. The van der Waals surface area contributed by atoms with E-state index in [4.69, 9.17) is 0 Å². The lowest BCUT2D eigenvalue weighted by Gasteiger charge is -2.20. The van der Waals surface area contributed by atoms with Crippen LogP contribution in [0, 0.1) is 0 Å². The molecule has 0 atom stereocenters. The fraction of sp³-hybridized carbons (Fsp3) is 0.500. The molecule has 24 heavy (non-hydrogen) atoms. The summed E-state index contributed by atoms with van der Waals surface area (Å²) in [5.41, 5.74) is 8.63. The van der Waals surface area contributed by atoms with Crippen LogP contribution in [0.25, 0.3) is 11.1 Å². The Hall–Kier alpha value is -1.56. The van der Waals surface area contributed by atoms with Gasteiger partial charge in [0.1, 0.15) is 0 Å². The van der Waals surface area contributed by atoms with Crippen molar-refractivity contribution in [1.29, 1.82) is 0 Å². The van der Waals surface area contributed by atoms with Crippen molar-refractivity contribution in [2.75, 3.05) is 0 Å². The van der Waals surface area contributed by atoms with Crippen molar-refractivity contribution >= 4 is 0 Å². The Morgan fingerprint density at radius 3 is 1.54 bits per heavy atom. The highest BCUT2D eigenvalue weighted by Gasteiger charge is 2.15. The van der Waals surface area contributed by atoms with E-state index < -0.39 is 0 Å². The summed E-state index contributed by atoms with van der Waals surface area (Å²) in [5, 5.41) is 0. The van der Waals surface area contributed by atoms with Gasteiger partial charge in [-0.25, -0.2) is 0 Å². The summed E-state index contributed by atoms with van der Waals surface area (Å²) in [6, 6.07) is 14.2. The van der Waals surface area contributed by atoms with Gasteiger partial charge in [0.2, 0.25) is 0 Å². The van der Waals surface area contributed by atoms with Gasteiger partial charge in [-0.05, 0) is 57.1 Å². The Labute approximate surface area is 149 Å². The van der Waals surface area contributed by atoms with Gasteiger partial charge in [0, 0.05) is 0 Å². The summed E-state index contributed by atoms with van der Waals surface area (Å²) >= 11 is 0. The second kappa shape index (κ2) is 7.55. The smallest absolute Gasteiger partial charge is 0.0146 e. The average Bonchev–Trinajstić information content (AvgIpc) is 2.53. The fourth-order valence-corrected chi connectivity index (χ4v) is 3.45. The van der Waals surface area contributed by atoms with Gasteiger partial charge in [-0.2, -0.15) is 0 Å². The minimum absolute atomic E-state index is 0.536. The first-order valence-corrected chi connectivity index (χ1v) is 9.50. The van der Waals surface area contributed by atoms with E-state index in [1.165, 1.54) is 33.4 Å². The molecule has 0 saturated carbocycles. The average molecular weight is 323 g/mol. The van der Waals surface area contributed by atoms with Crippen molar-refractivity contribution in [3.8, 4) is 11.1 Å². The molecule has 0 heterocycles. The predicted octanol–water partition coefficient (Wildman–Crippen LogP) is 7.85. The molecule has 0 saturated heterocycles. The van der Waals surface area contributed by atoms with Crippen LogP contribution in [0.5, 0.6) is 0 Å². The monoisotopic (exact) mass is 322 g/mol. The van der Waals surface area contributed by atoms with Crippen LogP contribution in [0.15, 0.2) is 36.4 Å². The van der Waals surface area contributed by atoms with Gasteiger partial charge < -0.3 is 0 Å². The molecule has 0 radical (unpaired) electrons. The lowest BCUT2D eigenvalue weighted by molar-refractivity contribution is 0.790. The van der Waals surface area contributed by atoms with Crippen LogP contribution < -0.4 is 0 Å². The largest absolute Gasteiger partial charge is 0.0587 e. The maximum Gasteiger partial charge on any atom is -0.0146 e. The third-order valence-electron chi connectivity index (χ3n) is 5.01. The van der Waals surface area contributed by atoms with Crippen molar-refractivity contribution in [2.45, 2.75) is 79.1 Å². The highest BCUT2D eigenvalue weighted by atomic mass is 14.2. The normalized spacial score (nSPS) is 12.0. The van der Waals surface area contributed by atoms with Crippen molar-refractivity contribution < 1.29 is 0 Å². The summed E-state index contributed by atoms with van der Waals surface area (Å²) in [4.78, 5) is 0. The lowest BCUT2D eigenvalue weighted by atomic mass is 9.84. The SMILES string of the molecule is CC(C)c1ccc(C(C)C)c(-c2ccc(C(C)C)c(C(C)C)c2)c1. The minimum Gasteiger partial charge on any atom is -0.0587 e. The summed E-state index contributed by atoms with van der Waals surface area (Å²) in [6.45, 7) is 18.3. The third-order valence-corrected chi connectivity index (χ3v) is 5.01. The third kappa shape index (κ3) is 3.91. The van der Waals surface area contributed by atoms with Gasteiger partial charge in [-0.3, -0.25) is 0 Å². The topological polar surface area (TPSA) is 0 Å². The summed E-state index contributed by atoms with van der Waals surface area (Å²) in [7, 11) is 0. The fourth-order valence-electron chi connectivity index (χ4n) is 3.45. The quantitative estimate of drug-likeness (QED) is 0.525. The van der Waals surface area contributed by atoms with Crippen LogP contribution in [-0.4, -0.2) is 0 Å². The minimum atomic E-state index is 0.536. The zero-order valence-corrected chi connectivity index (χ0v) is 16.8. The number of hydrogen-bond acceptors (Lipinski definition) is 0. The zero-order valence-electron chi connectivity index (χ0n) is 16.8. The summed E-state index contributed by atoms with van der Waals surface area (Å²) in [6.07, 6.45) is 0. The first kappa shape index (κ1) is 18.8. The molecule has 0 unspecified atom stereocenters. The van der Waals surface area contributed by atoms with Crippen LogP contribution in [-0.2, 0) is 0 Å². The van der Waals surface area contributed by atoms with Crippen LogP contribution >= 0.6 is 0 Å². The molecular formula is C24H34. The Kier molecular flexibility index (Phi) is 5.91. The molecule has 2 aromatic rings. The van der Waals surface area contributed by atoms with Crippen LogP contribution in [0.2, 0.25) is 0 Å². The van der Waals surface area contributed by atoms with E-state index in [0.717, 1.165) is 0 Å². The summed E-state index contributed by atoms with van der Waals surface area (Å²) < 4.78 is 0. The molecule has 0 aliphatic heterocycles. The predicted molar refractivity (Wildman–Crippen MR) is 108 cm³/mol. The molecule has 2 rings (SSSR count). The molecule has 0 heteroatoms. The van der Waals surface area contributed by atoms with Gasteiger partial charge in [-0.1, -0.05) is 91.8 Å². The molecule has 0 nitrogen and oxygen atoms in total. The molecule has 0 N–H and O–H groups in total. The Balaban J connectivity index is 2.66. The maximum atomic E-state index is 2.44. The van der Waals surface area contributed by atoms with Gasteiger partial charge in [0.15, 0.2) is 0 Å². The van der Waals surface area contributed by atoms with Gasteiger partial charge >= 0.3 is 0 Å². The Morgan fingerprint density at radius 1 is 0.500 bits per heavy atom. The number of hydrogen-bond donors (Lipinski definition) is 0. The second-order valence-corrected chi connectivity index (χ2v) is 8.31. The van der Waals surface area contributed by atoms with Crippen molar-refractivity contribution in [2.24, 2.45) is 0 Å². The second-order valence-electron chi connectivity index (χ2n) is 8.31. The van der Waals surface area contributed by atoms with Crippen LogP contribution in [0.3, 0.4) is 0 Å². The Morgan fingerprint density at radius 2 is 1.04 bits per heavy atom. The van der Waals surface area contributed by atoms with E-state index in [2.05, 4.69) is 91.8 Å². The molecule has 0 bridgehead atoms. The van der Waals surface area contributed by atoms with E-state index in [1.54, 1.807) is 0 Å². The maximum absolute atomic E-state index is 2.44. The van der Waals surface area contributed by atoms with E-state index >= 15 is 0 Å². The molecule has 0 amide bonds. The molecule has 130 valence electrons. The van der Waals surface area contributed by atoms with E-state index in [1.807, 2.05) is 0 Å². The standard InChI is InChI=1S/C24H34/c1-15(2)19-9-11-22(17(5)6)24(13-19)20-10-12-21(16(3)4)23(14-20)18(7)8/h9-18H,1-8H3. The molecular weight excluding hydrogens is 288 g/mol. The van der Waals surface area contributed by atoms with E-state index in [9.17, 15) is 0 Å². The highest BCUT2D eigenvalue weighted by molar-refractivity contribution is 5.70. The van der Waals surface area contributed by atoms with Gasteiger partial charge in [0.25, 0.3) is 0 Å².